The van der Waals surface area contributed by atoms with Gasteiger partial charge in [-0.25, -0.2) is 0 Å². The summed E-state index contributed by atoms with van der Waals surface area (Å²) in [5.74, 6) is 0.180. The zero-order valence-corrected chi connectivity index (χ0v) is 34.5. The van der Waals surface area contributed by atoms with Gasteiger partial charge in [-0.1, -0.05) is 105 Å². The number of carbonyl (C=O) groups excluding carboxylic acids is 2. The predicted molar refractivity (Wildman–Crippen MR) is 213 cm³/mol. The highest BCUT2D eigenvalue weighted by molar-refractivity contribution is 9.11. The molecule has 2 aromatic rings. The van der Waals surface area contributed by atoms with E-state index in [4.69, 9.17) is 0 Å². The first kappa shape index (κ1) is 39.2. The van der Waals surface area contributed by atoms with Crippen molar-refractivity contribution in [3.8, 4) is 11.1 Å². The Labute approximate surface area is 314 Å². The van der Waals surface area contributed by atoms with Crippen LogP contribution in [0.15, 0.2) is 136 Å². The second-order valence-corrected chi connectivity index (χ2v) is 18.6. The Morgan fingerprint density at radius 3 is 1.34 bits per heavy atom. The summed E-state index contributed by atoms with van der Waals surface area (Å²) in [5, 5.41) is 17.8. The molecule has 0 radical (unpaired) electrons. The van der Waals surface area contributed by atoms with Crippen LogP contribution >= 0.6 is 31.9 Å². The molecule has 0 saturated carbocycles. The molecule has 0 N–H and O–H groups in total. The number of rotatable bonds is 5. The fourth-order valence-electron chi connectivity index (χ4n) is 5.55. The van der Waals surface area contributed by atoms with E-state index in [1.807, 2.05) is 60.7 Å². The van der Waals surface area contributed by atoms with Crippen LogP contribution < -0.4 is 0 Å². The zero-order valence-electron chi connectivity index (χ0n) is 31.3. The number of carbonyl (C=O) groups is 2. The van der Waals surface area contributed by atoms with Crippen molar-refractivity contribution in [2.75, 3.05) is 0 Å². The SMILES string of the molecule is CC(C)(C)C1=CC(=CN=Nc2ccc(Br)c(-c3ccc(N=NC=C4C=C(C(C)(C)C)C(=O)C(C(C)(C)C)=C4)c(Br)c3)c2)C=C(C(C)(C)C)C1=O. The van der Waals surface area contributed by atoms with Gasteiger partial charge in [-0.05, 0) is 114 Å². The van der Waals surface area contributed by atoms with Gasteiger partial charge in [0.2, 0.25) is 0 Å². The minimum absolute atomic E-state index is 0.0896. The summed E-state index contributed by atoms with van der Waals surface area (Å²) in [6, 6.07) is 11.7. The maximum absolute atomic E-state index is 13.3. The maximum Gasteiger partial charge on any atom is 0.186 e. The average molecular weight is 801 g/mol. The molecule has 50 heavy (non-hydrogen) atoms. The van der Waals surface area contributed by atoms with Gasteiger partial charge >= 0.3 is 0 Å². The summed E-state index contributed by atoms with van der Waals surface area (Å²) in [7, 11) is 0. The van der Waals surface area contributed by atoms with Crippen LogP contribution in [-0.4, -0.2) is 11.6 Å². The molecule has 2 aliphatic carbocycles. The van der Waals surface area contributed by atoms with E-state index in [-0.39, 0.29) is 33.2 Å². The third-order valence-corrected chi connectivity index (χ3v) is 9.74. The Morgan fingerprint density at radius 2 is 0.940 bits per heavy atom. The molecule has 0 fully saturated rings. The van der Waals surface area contributed by atoms with E-state index in [2.05, 4.69) is 135 Å². The van der Waals surface area contributed by atoms with Crippen molar-refractivity contribution in [2.24, 2.45) is 42.1 Å². The molecule has 0 aromatic heterocycles. The number of benzene rings is 2. The van der Waals surface area contributed by atoms with Crippen LogP contribution in [0.5, 0.6) is 0 Å². The highest BCUT2D eigenvalue weighted by Crippen LogP contribution is 2.41. The van der Waals surface area contributed by atoms with Gasteiger partial charge in [0.15, 0.2) is 11.6 Å². The Balaban J connectivity index is 1.60. The summed E-state index contributed by atoms with van der Waals surface area (Å²) in [6.07, 6.45) is 11.1. The molecule has 0 bridgehead atoms. The monoisotopic (exact) mass is 798 g/mol. The molecule has 6 nitrogen and oxygen atoms in total. The van der Waals surface area contributed by atoms with Gasteiger partial charge in [0.05, 0.1) is 23.8 Å². The first-order valence-corrected chi connectivity index (χ1v) is 18.3. The Kier molecular flexibility index (Phi) is 11.4. The topological polar surface area (TPSA) is 83.6 Å². The lowest BCUT2D eigenvalue weighted by Crippen LogP contribution is -2.27. The third kappa shape index (κ3) is 9.38. The third-order valence-electron chi connectivity index (χ3n) is 8.42. The van der Waals surface area contributed by atoms with Crippen molar-refractivity contribution < 1.29 is 9.59 Å². The summed E-state index contributed by atoms with van der Waals surface area (Å²) in [4.78, 5) is 26.5. The van der Waals surface area contributed by atoms with Crippen LogP contribution in [0.25, 0.3) is 11.1 Å². The first-order valence-electron chi connectivity index (χ1n) is 16.8. The summed E-state index contributed by atoms with van der Waals surface area (Å²) < 4.78 is 1.70. The van der Waals surface area contributed by atoms with Gasteiger partial charge in [-0.3, -0.25) is 9.59 Å². The van der Waals surface area contributed by atoms with Crippen LogP contribution in [0, 0.1) is 21.7 Å². The molecule has 8 heteroatoms. The quantitative estimate of drug-likeness (QED) is 0.282. The second kappa shape index (κ2) is 14.5. The van der Waals surface area contributed by atoms with E-state index in [1.165, 1.54) is 0 Å². The molecule has 4 rings (SSSR count). The Morgan fingerprint density at radius 1 is 0.520 bits per heavy atom. The van der Waals surface area contributed by atoms with Gasteiger partial charge in [0.25, 0.3) is 0 Å². The molecule has 0 spiro atoms. The van der Waals surface area contributed by atoms with Crippen LogP contribution in [0.3, 0.4) is 0 Å². The maximum atomic E-state index is 13.3. The predicted octanol–water partition coefficient (Wildman–Crippen LogP) is 13.9. The van der Waals surface area contributed by atoms with Crippen molar-refractivity contribution >= 4 is 54.8 Å². The van der Waals surface area contributed by atoms with Gasteiger partial charge in [-0.15, -0.1) is 5.11 Å². The number of hydrogen-bond acceptors (Lipinski definition) is 6. The van der Waals surface area contributed by atoms with Gasteiger partial charge < -0.3 is 0 Å². The number of hydrogen-bond donors (Lipinski definition) is 0. The number of azo groups is 2. The van der Waals surface area contributed by atoms with Gasteiger partial charge in [0, 0.05) is 31.2 Å². The van der Waals surface area contributed by atoms with Crippen LogP contribution in [0.2, 0.25) is 0 Å². The number of Topliss-reactive ketones (excluding diaryl/α,β-unsaturated/α-hetero) is 2. The molecule has 262 valence electrons. The zero-order chi connectivity index (χ0) is 37.4. The Hall–Kier alpha value is -3.62. The van der Waals surface area contributed by atoms with Crippen molar-refractivity contribution in [1.29, 1.82) is 0 Å². The minimum Gasteiger partial charge on any atom is -0.289 e. The fourth-order valence-corrected chi connectivity index (χ4v) is 6.49. The van der Waals surface area contributed by atoms with Crippen molar-refractivity contribution in [1.82, 2.24) is 0 Å². The lowest BCUT2D eigenvalue weighted by atomic mass is 9.72. The van der Waals surface area contributed by atoms with Crippen molar-refractivity contribution in [3.05, 3.63) is 115 Å². The molecule has 0 atom stereocenters. The number of nitrogens with zero attached hydrogens (tertiary/aromatic N) is 4. The standard InChI is InChI=1S/C42H48Br2N4O2/c1-39(2,3)30-17-25(18-31(37(30)49)40(4,5)6)23-45-47-28-14-15-34(43)29(22-28)27-13-16-36(35(44)21-27)48-46-24-26-19-32(41(7,8)9)38(50)33(20-26)42(10,11)12/h13-24H,1-12H3. The van der Waals surface area contributed by atoms with Crippen molar-refractivity contribution in [3.63, 3.8) is 0 Å². The van der Waals surface area contributed by atoms with E-state index in [9.17, 15) is 9.59 Å². The van der Waals surface area contributed by atoms with E-state index in [0.29, 0.717) is 11.4 Å². The molecule has 0 heterocycles. The van der Waals surface area contributed by atoms with Gasteiger partial charge in [-0.2, -0.15) is 15.3 Å². The van der Waals surface area contributed by atoms with E-state index < -0.39 is 0 Å². The molecule has 0 aliphatic heterocycles. The lowest BCUT2D eigenvalue weighted by molar-refractivity contribution is -0.114. The molecular formula is C42H48Br2N4O2. The highest BCUT2D eigenvalue weighted by Gasteiger charge is 2.35. The molecular weight excluding hydrogens is 752 g/mol. The highest BCUT2D eigenvalue weighted by atomic mass is 79.9. The number of allylic oxidation sites excluding steroid dienone is 10. The summed E-state index contributed by atoms with van der Waals surface area (Å²) in [6.45, 7) is 24.6. The molecule has 2 aliphatic rings. The van der Waals surface area contributed by atoms with E-state index >= 15 is 0 Å². The van der Waals surface area contributed by atoms with E-state index in [0.717, 1.165) is 53.5 Å². The minimum atomic E-state index is -0.293. The Bertz CT molecular complexity index is 1900. The fraction of sp³-hybridized carbons (Fsp3) is 0.381. The smallest absolute Gasteiger partial charge is 0.186 e. The van der Waals surface area contributed by atoms with Crippen molar-refractivity contribution in [2.45, 2.75) is 83.1 Å². The lowest BCUT2D eigenvalue weighted by Gasteiger charge is -2.31. The number of halogens is 2. The molecule has 0 amide bonds. The van der Waals surface area contributed by atoms with Crippen LogP contribution in [0.1, 0.15) is 83.1 Å². The van der Waals surface area contributed by atoms with Gasteiger partial charge in [0.1, 0.15) is 0 Å². The summed E-state index contributed by atoms with van der Waals surface area (Å²) >= 11 is 7.37. The summed E-state index contributed by atoms with van der Waals surface area (Å²) in [5.41, 5.74) is 6.86. The van der Waals surface area contributed by atoms with Crippen LogP contribution in [0.4, 0.5) is 11.4 Å². The van der Waals surface area contributed by atoms with Crippen LogP contribution in [-0.2, 0) is 9.59 Å². The first-order chi connectivity index (χ1) is 23.0. The molecule has 0 unspecified atom stereocenters. The van der Waals surface area contributed by atoms with E-state index in [1.54, 1.807) is 12.4 Å². The number of ketones is 2. The normalized spacial score (nSPS) is 16.5. The molecule has 2 aromatic carbocycles. The largest absolute Gasteiger partial charge is 0.289 e. The average Bonchev–Trinajstić information content (AvgIpc) is 2.97. The second-order valence-electron chi connectivity index (χ2n) is 16.9. The molecule has 0 saturated heterocycles.